The highest BCUT2D eigenvalue weighted by atomic mass is 19.4. The van der Waals surface area contributed by atoms with Gasteiger partial charge in [0, 0.05) is 43.9 Å². The number of benzene rings is 3. The molecular formula is C28H28F3N3O2. The van der Waals surface area contributed by atoms with Gasteiger partial charge in [-0.15, -0.1) is 0 Å². The summed E-state index contributed by atoms with van der Waals surface area (Å²) < 4.78 is 38.8. The first-order chi connectivity index (χ1) is 17.2. The Morgan fingerprint density at radius 1 is 0.972 bits per heavy atom. The smallest absolute Gasteiger partial charge is 0.355 e. The van der Waals surface area contributed by atoms with Crippen LogP contribution in [0.5, 0.6) is 0 Å². The van der Waals surface area contributed by atoms with E-state index in [0.29, 0.717) is 35.3 Å². The Morgan fingerprint density at radius 2 is 1.72 bits per heavy atom. The molecule has 1 aliphatic rings. The molecule has 0 atom stereocenters. The summed E-state index contributed by atoms with van der Waals surface area (Å²) >= 11 is 0. The van der Waals surface area contributed by atoms with Gasteiger partial charge in [0.25, 0.3) is 5.91 Å². The summed E-state index contributed by atoms with van der Waals surface area (Å²) in [5.41, 5.74) is 3.78. The van der Waals surface area contributed by atoms with Crippen molar-refractivity contribution in [2.45, 2.75) is 32.5 Å². The van der Waals surface area contributed by atoms with Crippen LogP contribution in [-0.4, -0.2) is 36.3 Å². The molecule has 0 saturated heterocycles. The average Bonchev–Trinajstić information content (AvgIpc) is 2.88. The quantitative estimate of drug-likeness (QED) is 0.455. The molecule has 0 saturated carbocycles. The molecule has 5 nitrogen and oxygen atoms in total. The summed E-state index contributed by atoms with van der Waals surface area (Å²) in [4.78, 5) is 26.8. The second kappa shape index (κ2) is 11.0. The molecule has 1 aliphatic heterocycles. The first kappa shape index (κ1) is 25.4. The van der Waals surface area contributed by atoms with Crippen LogP contribution in [0.2, 0.25) is 0 Å². The molecule has 3 aromatic carbocycles. The monoisotopic (exact) mass is 495 g/mol. The van der Waals surface area contributed by atoms with Gasteiger partial charge in [0.15, 0.2) is 0 Å². The van der Waals surface area contributed by atoms with Crippen LogP contribution < -0.4 is 10.6 Å². The maximum Gasteiger partial charge on any atom is 0.416 e. The highest BCUT2D eigenvalue weighted by Gasteiger charge is 2.30. The second-order valence-corrected chi connectivity index (χ2v) is 8.79. The Hall–Kier alpha value is -3.65. The molecule has 0 aromatic heterocycles. The lowest BCUT2D eigenvalue weighted by atomic mass is 9.97. The lowest BCUT2D eigenvalue weighted by Crippen LogP contribution is -2.37. The van der Waals surface area contributed by atoms with E-state index in [9.17, 15) is 22.8 Å². The van der Waals surface area contributed by atoms with Gasteiger partial charge < -0.3 is 10.6 Å². The molecule has 0 aliphatic carbocycles. The number of anilines is 1. The van der Waals surface area contributed by atoms with Gasteiger partial charge in [-0.2, -0.15) is 13.2 Å². The fourth-order valence-electron chi connectivity index (χ4n) is 4.33. The minimum Gasteiger partial charge on any atom is -0.355 e. The van der Waals surface area contributed by atoms with Gasteiger partial charge in [-0.05, 0) is 59.0 Å². The van der Waals surface area contributed by atoms with Gasteiger partial charge in [-0.25, -0.2) is 0 Å². The van der Waals surface area contributed by atoms with Crippen molar-refractivity contribution in [3.05, 3.63) is 89.0 Å². The molecule has 0 bridgehead atoms. The molecule has 3 aromatic rings. The molecule has 2 N–H and O–H groups in total. The number of hydrogen-bond donors (Lipinski definition) is 2. The van der Waals surface area contributed by atoms with Crippen LogP contribution in [0.4, 0.5) is 18.9 Å². The van der Waals surface area contributed by atoms with E-state index in [2.05, 4.69) is 15.5 Å². The Labute approximate surface area is 208 Å². The number of nitrogens with one attached hydrogen (secondary N) is 2. The highest BCUT2D eigenvalue weighted by molar-refractivity contribution is 6.08. The third-order valence-electron chi connectivity index (χ3n) is 6.32. The molecular weight excluding hydrogens is 467 g/mol. The number of fused-ring (bicyclic) bond motifs is 1. The summed E-state index contributed by atoms with van der Waals surface area (Å²) in [6, 6.07) is 17.5. The number of halogens is 3. The molecule has 0 spiro atoms. The number of alkyl halides is 3. The topological polar surface area (TPSA) is 61.4 Å². The standard InChI is InChI=1S/C28H28F3N3O2/c1-2-26(35)32-14-16-34-15-13-20-17-23(12-9-21(20)18-34)33-27(36)25-6-4-3-5-24(25)19-7-10-22(11-8-19)28(29,30)31/h3-12,17H,2,13-16,18H2,1H3,(H,32,35)(H,33,36). The Morgan fingerprint density at radius 3 is 2.44 bits per heavy atom. The first-order valence-corrected chi connectivity index (χ1v) is 11.9. The van der Waals surface area contributed by atoms with E-state index in [-0.39, 0.29) is 11.8 Å². The number of rotatable bonds is 7. The number of hydrogen-bond acceptors (Lipinski definition) is 3. The van der Waals surface area contributed by atoms with Crippen molar-refractivity contribution in [3.63, 3.8) is 0 Å². The van der Waals surface area contributed by atoms with Gasteiger partial charge in [-0.3, -0.25) is 14.5 Å². The van der Waals surface area contributed by atoms with Crippen LogP contribution in [0.15, 0.2) is 66.7 Å². The van der Waals surface area contributed by atoms with Crippen molar-refractivity contribution >= 4 is 17.5 Å². The lowest BCUT2D eigenvalue weighted by molar-refractivity contribution is -0.137. The first-order valence-electron chi connectivity index (χ1n) is 11.9. The third kappa shape index (κ3) is 6.12. The van der Waals surface area contributed by atoms with Crippen molar-refractivity contribution in [1.29, 1.82) is 0 Å². The maximum absolute atomic E-state index is 13.1. The molecule has 188 valence electrons. The van der Waals surface area contributed by atoms with E-state index >= 15 is 0 Å². The van der Waals surface area contributed by atoms with E-state index in [0.717, 1.165) is 43.8 Å². The van der Waals surface area contributed by atoms with Gasteiger partial charge in [0.1, 0.15) is 0 Å². The average molecular weight is 496 g/mol. The van der Waals surface area contributed by atoms with Crippen LogP contribution in [0, 0.1) is 0 Å². The number of carbonyl (C=O) groups is 2. The lowest BCUT2D eigenvalue weighted by Gasteiger charge is -2.29. The third-order valence-corrected chi connectivity index (χ3v) is 6.32. The fraction of sp³-hybridized carbons (Fsp3) is 0.286. The van der Waals surface area contributed by atoms with Gasteiger partial charge in [0.05, 0.1) is 5.56 Å². The van der Waals surface area contributed by atoms with E-state index in [4.69, 9.17) is 0 Å². The number of nitrogens with zero attached hydrogens (tertiary/aromatic N) is 1. The Bertz CT molecular complexity index is 1240. The minimum absolute atomic E-state index is 0.0488. The van der Waals surface area contributed by atoms with Crippen molar-refractivity contribution in [2.75, 3.05) is 25.0 Å². The zero-order valence-electron chi connectivity index (χ0n) is 20.0. The molecule has 2 amide bonds. The molecule has 0 unspecified atom stereocenters. The summed E-state index contributed by atoms with van der Waals surface area (Å²) in [7, 11) is 0. The fourth-order valence-corrected chi connectivity index (χ4v) is 4.33. The molecule has 36 heavy (non-hydrogen) atoms. The number of carbonyl (C=O) groups excluding carboxylic acids is 2. The van der Waals surface area contributed by atoms with Crippen LogP contribution in [0.3, 0.4) is 0 Å². The SMILES string of the molecule is CCC(=O)NCCN1CCc2cc(NC(=O)c3ccccc3-c3ccc(C(F)(F)F)cc3)ccc2C1. The maximum atomic E-state index is 13.1. The van der Waals surface area contributed by atoms with Crippen molar-refractivity contribution < 1.29 is 22.8 Å². The Kier molecular flexibility index (Phi) is 7.74. The van der Waals surface area contributed by atoms with Crippen molar-refractivity contribution in [1.82, 2.24) is 10.2 Å². The summed E-state index contributed by atoms with van der Waals surface area (Å²) in [6.45, 7) is 4.88. The summed E-state index contributed by atoms with van der Waals surface area (Å²) in [5.74, 6) is -0.276. The van der Waals surface area contributed by atoms with Crippen LogP contribution >= 0.6 is 0 Å². The predicted molar refractivity (Wildman–Crippen MR) is 134 cm³/mol. The van der Waals surface area contributed by atoms with E-state index in [1.807, 2.05) is 25.1 Å². The van der Waals surface area contributed by atoms with E-state index in [1.54, 1.807) is 24.3 Å². The molecule has 1 heterocycles. The van der Waals surface area contributed by atoms with Crippen LogP contribution in [-0.2, 0) is 23.9 Å². The molecule has 8 heteroatoms. The largest absolute Gasteiger partial charge is 0.416 e. The van der Waals surface area contributed by atoms with Crippen molar-refractivity contribution in [3.8, 4) is 11.1 Å². The second-order valence-electron chi connectivity index (χ2n) is 8.79. The van der Waals surface area contributed by atoms with Crippen molar-refractivity contribution in [2.24, 2.45) is 0 Å². The van der Waals surface area contributed by atoms with Crippen LogP contribution in [0.25, 0.3) is 11.1 Å². The highest BCUT2D eigenvalue weighted by Crippen LogP contribution is 2.32. The predicted octanol–water partition coefficient (Wildman–Crippen LogP) is 5.51. The van der Waals surface area contributed by atoms with Gasteiger partial charge >= 0.3 is 6.18 Å². The molecule has 0 radical (unpaired) electrons. The molecule has 0 fully saturated rings. The summed E-state index contributed by atoms with van der Waals surface area (Å²) in [5, 5.41) is 5.84. The normalized spacial score (nSPS) is 13.7. The zero-order valence-corrected chi connectivity index (χ0v) is 20.0. The molecule has 4 rings (SSSR count). The zero-order chi connectivity index (χ0) is 25.7. The summed E-state index contributed by atoms with van der Waals surface area (Å²) in [6.07, 6.45) is -3.10. The Balaban J connectivity index is 1.44. The number of amides is 2. The van der Waals surface area contributed by atoms with E-state index in [1.165, 1.54) is 17.7 Å². The van der Waals surface area contributed by atoms with E-state index < -0.39 is 11.7 Å². The minimum atomic E-state index is -4.41. The van der Waals surface area contributed by atoms with Gasteiger partial charge in [0.2, 0.25) is 5.91 Å². The van der Waals surface area contributed by atoms with Crippen LogP contribution in [0.1, 0.15) is 40.4 Å². The van der Waals surface area contributed by atoms with Gasteiger partial charge in [-0.1, -0.05) is 43.3 Å².